The fraction of sp³-hybridized carbons (Fsp3) is 0.615. The van der Waals surface area contributed by atoms with Gasteiger partial charge in [-0.1, -0.05) is 10.2 Å². The van der Waals surface area contributed by atoms with Crippen molar-refractivity contribution in [2.45, 2.75) is 26.1 Å². The Bertz CT molecular complexity index is 632. The van der Waals surface area contributed by atoms with Crippen molar-refractivity contribution in [3.63, 3.8) is 0 Å². The molecule has 0 unspecified atom stereocenters. The van der Waals surface area contributed by atoms with Crippen LogP contribution in [0.25, 0.3) is 0 Å². The predicted molar refractivity (Wildman–Crippen MR) is 80.0 cm³/mol. The van der Waals surface area contributed by atoms with Crippen molar-refractivity contribution in [2.24, 2.45) is 0 Å². The van der Waals surface area contributed by atoms with Crippen molar-refractivity contribution in [2.75, 3.05) is 26.5 Å². The average Bonchev–Trinajstić information content (AvgIpc) is 3.20. The molecule has 2 heterocycles. The van der Waals surface area contributed by atoms with E-state index in [0.717, 1.165) is 6.42 Å². The maximum absolute atomic E-state index is 11.9. The molecule has 11 heteroatoms. The van der Waals surface area contributed by atoms with Gasteiger partial charge in [0.1, 0.15) is 24.8 Å². The summed E-state index contributed by atoms with van der Waals surface area (Å²) in [7, 11) is 0. The van der Waals surface area contributed by atoms with E-state index in [-0.39, 0.29) is 19.2 Å². The van der Waals surface area contributed by atoms with Gasteiger partial charge in [0.25, 0.3) is 0 Å². The topological polar surface area (TPSA) is 110 Å². The molecule has 0 radical (unpaired) electrons. The first-order valence-corrected chi connectivity index (χ1v) is 7.46. The molecule has 0 spiro atoms. The fourth-order valence-corrected chi connectivity index (χ4v) is 1.99. The molecular formula is C13H19FN6O4. The van der Waals surface area contributed by atoms with E-state index in [1.54, 1.807) is 17.1 Å². The highest BCUT2D eigenvalue weighted by molar-refractivity contribution is 5.06. The summed E-state index contributed by atoms with van der Waals surface area (Å²) < 4.78 is 25.5. The number of alkyl halides is 1. The van der Waals surface area contributed by atoms with E-state index in [4.69, 9.17) is 9.47 Å². The van der Waals surface area contributed by atoms with Crippen molar-refractivity contribution in [1.82, 2.24) is 24.5 Å². The zero-order valence-corrected chi connectivity index (χ0v) is 13.1. The predicted octanol–water partition coefficient (Wildman–Crippen LogP) is 0.976. The van der Waals surface area contributed by atoms with Gasteiger partial charge >= 0.3 is 5.95 Å². The lowest BCUT2D eigenvalue weighted by atomic mass is 10.4. The summed E-state index contributed by atoms with van der Waals surface area (Å²) in [4.78, 5) is 13.8. The maximum Gasteiger partial charge on any atom is 0.434 e. The van der Waals surface area contributed by atoms with Gasteiger partial charge in [0.05, 0.1) is 32.6 Å². The Hall–Kier alpha value is -2.40. The highest BCUT2D eigenvalue weighted by Crippen LogP contribution is 2.06. The first-order valence-electron chi connectivity index (χ1n) is 7.46. The number of halogens is 1. The Kier molecular flexibility index (Phi) is 7.23. The van der Waals surface area contributed by atoms with E-state index in [0.29, 0.717) is 32.0 Å². The Balaban J connectivity index is 1.58. The maximum atomic E-state index is 11.9. The highest BCUT2D eigenvalue weighted by Gasteiger charge is 2.13. The molecule has 0 saturated carbocycles. The summed E-state index contributed by atoms with van der Waals surface area (Å²) in [5.41, 5.74) is 0.650. The lowest BCUT2D eigenvalue weighted by molar-refractivity contribution is -0.396. The van der Waals surface area contributed by atoms with Crippen LogP contribution in [0.2, 0.25) is 0 Å². The van der Waals surface area contributed by atoms with Crippen LogP contribution in [0.3, 0.4) is 0 Å². The molecule has 0 bridgehead atoms. The van der Waals surface area contributed by atoms with Crippen molar-refractivity contribution >= 4 is 5.95 Å². The quantitative estimate of drug-likeness (QED) is 0.321. The SMILES string of the molecule is O=[N+]([O-])c1nccn1CCOCCCn1cc(COCCF)nn1. The van der Waals surface area contributed by atoms with E-state index in [9.17, 15) is 14.5 Å². The molecule has 2 aromatic rings. The van der Waals surface area contributed by atoms with Gasteiger partial charge < -0.3 is 19.6 Å². The number of aromatic nitrogens is 5. The molecule has 0 fully saturated rings. The third-order valence-corrected chi connectivity index (χ3v) is 3.07. The monoisotopic (exact) mass is 342 g/mol. The van der Waals surface area contributed by atoms with E-state index in [2.05, 4.69) is 15.3 Å². The van der Waals surface area contributed by atoms with Crippen LogP contribution in [-0.2, 0) is 29.2 Å². The molecule has 2 aromatic heterocycles. The van der Waals surface area contributed by atoms with Gasteiger partial charge in [-0.25, -0.2) is 8.96 Å². The van der Waals surface area contributed by atoms with Crippen molar-refractivity contribution in [3.05, 3.63) is 34.4 Å². The van der Waals surface area contributed by atoms with Crippen molar-refractivity contribution in [1.29, 1.82) is 0 Å². The van der Waals surface area contributed by atoms with Gasteiger partial charge in [-0.05, 0) is 11.3 Å². The molecule has 24 heavy (non-hydrogen) atoms. The first kappa shape index (κ1) is 17.9. The van der Waals surface area contributed by atoms with Crippen LogP contribution in [-0.4, -0.2) is 56.0 Å². The Morgan fingerprint density at radius 3 is 2.92 bits per heavy atom. The highest BCUT2D eigenvalue weighted by atomic mass is 19.1. The zero-order valence-electron chi connectivity index (χ0n) is 13.1. The molecule has 0 atom stereocenters. The molecule has 0 amide bonds. The number of aryl methyl sites for hydroxylation is 1. The number of ether oxygens (including phenoxy) is 2. The molecular weight excluding hydrogens is 323 g/mol. The number of imidazole rings is 1. The van der Waals surface area contributed by atoms with E-state index >= 15 is 0 Å². The van der Waals surface area contributed by atoms with Gasteiger partial charge in [0, 0.05) is 13.2 Å². The molecule has 0 saturated heterocycles. The number of rotatable bonds is 12. The molecule has 2 rings (SSSR count). The van der Waals surface area contributed by atoms with Crippen LogP contribution in [0.4, 0.5) is 10.3 Å². The summed E-state index contributed by atoms with van der Waals surface area (Å²) in [6.07, 6.45) is 5.40. The third-order valence-electron chi connectivity index (χ3n) is 3.07. The van der Waals surface area contributed by atoms with E-state index < -0.39 is 11.6 Å². The molecule has 0 aromatic carbocycles. The molecule has 132 valence electrons. The first-order chi connectivity index (χ1) is 11.7. The summed E-state index contributed by atoms with van der Waals surface area (Å²) in [6.45, 7) is 1.62. The normalized spacial score (nSPS) is 11.0. The Morgan fingerprint density at radius 2 is 2.12 bits per heavy atom. The van der Waals surface area contributed by atoms with Crippen LogP contribution < -0.4 is 0 Å². The second-order valence-electron chi connectivity index (χ2n) is 4.86. The summed E-state index contributed by atoms with van der Waals surface area (Å²) in [5.74, 6) is -0.191. The van der Waals surface area contributed by atoms with Crippen LogP contribution in [0.1, 0.15) is 12.1 Å². The molecule has 0 aliphatic heterocycles. The van der Waals surface area contributed by atoms with Crippen LogP contribution >= 0.6 is 0 Å². The smallest absolute Gasteiger partial charge is 0.390 e. The second kappa shape index (κ2) is 9.67. The summed E-state index contributed by atoms with van der Waals surface area (Å²) >= 11 is 0. The molecule has 0 N–H and O–H groups in total. The van der Waals surface area contributed by atoms with Gasteiger partial charge in [-0.2, -0.15) is 0 Å². The summed E-state index contributed by atoms with van der Waals surface area (Å²) in [5, 5.41) is 18.5. The molecule has 0 aliphatic carbocycles. The Morgan fingerprint density at radius 1 is 1.25 bits per heavy atom. The standard InChI is InChI=1S/C13H19FN6O4/c14-2-8-24-11-12-10-19(17-16-12)4-1-7-23-9-6-18-5-3-15-13(18)20(21)22/h3,5,10H,1-2,4,6-9,11H2. The number of hydrogen-bond donors (Lipinski definition) is 0. The van der Waals surface area contributed by atoms with Crippen molar-refractivity contribution < 1.29 is 18.8 Å². The number of nitrogens with zero attached hydrogens (tertiary/aromatic N) is 6. The minimum Gasteiger partial charge on any atom is -0.390 e. The molecule has 10 nitrogen and oxygen atoms in total. The van der Waals surface area contributed by atoms with Gasteiger partial charge in [0.2, 0.25) is 0 Å². The van der Waals surface area contributed by atoms with Crippen LogP contribution in [0.5, 0.6) is 0 Å². The minimum atomic E-state index is -0.528. The zero-order chi connectivity index (χ0) is 17.2. The van der Waals surface area contributed by atoms with Gasteiger partial charge in [-0.3, -0.25) is 4.68 Å². The second-order valence-corrected chi connectivity index (χ2v) is 4.86. The average molecular weight is 342 g/mol. The van der Waals surface area contributed by atoms with E-state index in [1.165, 1.54) is 10.8 Å². The third kappa shape index (κ3) is 5.66. The van der Waals surface area contributed by atoms with Gasteiger partial charge in [-0.15, -0.1) is 5.10 Å². The molecule has 0 aliphatic rings. The lowest BCUT2D eigenvalue weighted by Gasteiger charge is -2.04. The van der Waals surface area contributed by atoms with E-state index in [1.807, 2.05) is 0 Å². The fourth-order valence-electron chi connectivity index (χ4n) is 1.99. The van der Waals surface area contributed by atoms with Crippen LogP contribution in [0, 0.1) is 10.1 Å². The summed E-state index contributed by atoms with van der Waals surface area (Å²) in [6, 6.07) is 0. The number of nitro groups is 1. The Labute approximate surface area is 137 Å². The minimum absolute atomic E-state index is 0.0514. The van der Waals surface area contributed by atoms with Gasteiger partial charge in [0.15, 0.2) is 0 Å². The lowest BCUT2D eigenvalue weighted by Crippen LogP contribution is -2.10. The van der Waals surface area contributed by atoms with Crippen LogP contribution in [0.15, 0.2) is 18.6 Å². The number of hydrogen-bond acceptors (Lipinski definition) is 7. The van der Waals surface area contributed by atoms with Crippen molar-refractivity contribution in [3.8, 4) is 0 Å². The largest absolute Gasteiger partial charge is 0.434 e.